The van der Waals surface area contributed by atoms with Crippen molar-refractivity contribution in [1.29, 1.82) is 0 Å². The Morgan fingerprint density at radius 3 is 2.44 bits per heavy atom. The average molecular weight is 594 g/mol. The maximum atomic E-state index is 9.35. The van der Waals surface area contributed by atoms with E-state index in [0.717, 1.165) is 22.5 Å². The van der Waals surface area contributed by atoms with Crippen LogP contribution in [0, 0.1) is 6.92 Å². The summed E-state index contributed by atoms with van der Waals surface area (Å²) in [6, 6.07) is 13.8. The lowest BCUT2D eigenvalue weighted by molar-refractivity contribution is -0.510. The summed E-state index contributed by atoms with van der Waals surface area (Å²) in [5.41, 5.74) is 5.52. The first kappa shape index (κ1) is 28.9. The molecule has 5 heterocycles. The van der Waals surface area contributed by atoms with Crippen LogP contribution in [0.2, 0.25) is 0 Å². The van der Waals surface area contributed by atoms with Crippen molar-refractivity contribution in [3.05, 3.63) is 66.6 Å². The molecular weight excluding hydrogens is 562 g/mol. The highest BCUT2D eigenvalue weighted by molar-refractivity contribution is 5.91. The third kappa shape index (κ3) is 6.15. The van der Waals surface area contributed by atoms with Crippen molar-refractivity contribution in [2.45, 2.75) is 25.7 Å². The smallest absolute Gasteiger partial charge is 0.352 e. The summed E-state index contributed by atoms with van der Waals surface area (Å²) >= 11 is 0. The molecule has 1 fully saturated rings. The van der Waals surface area contributed by atoms with Gasteiger partial charge >= 0.3 is 12.2 Å². The van der Waals surface area contributed by atoms with Crippen molar-refractivity contribution < 1.29 is 39.8 Å². The minimum atomic E-state index is -3.69. The molecule has 1 aliphatic heterocycles. The molecule has 6 N–H and O–H groups in total. The number of aromatic nitrogens is 5. The van der Waals surface area contributed by atoms with Crippen LogP contribution in [0.4, 0.5) is 5.69 Å². The summed E-state index contributed by atoms with van der Waals surface area (Å²) < 4.78 is 14.9. The van der Waals surface area contributed by atoms with Gasteiger partial charge in [0.1, 0.15) is 11.3 Å². The number of ether oxygens (including phenoxy) is 1. The van der Waals surface area contributed by atoms with E-state index in [1.54, 1.807) is 16.9 Å². The molecule has 0 spiro atoms. The van der Waals surface area contributed by atoms with E-state index in [-0.39, 0.29) is 11.4 Å². The lowest BCUT2D eigenvalue weighted by Crippen LogP contribution is -2.62. The molecule has 0 saturated carbocycles. The molecule has 43 heavy (non-hydrogen) atoms. The molecule has 15 heteroatoms. The van der Waals surface area contributed by atoms with Gasteiger partial charge in [-0.15, -0.1) is 4.90 Å². The topological polar surface area (TPSA) is 199 Å². The highest BCUT2D eigenvalue weighted by atomic mass is 16.8. The largest absolute Gasteiger partial charge is 0.452 e. The zero-order chi connectivity index (χ0) is 30.4. The first-order valence-electron chi connectivity index (χ1n) is 13.5. The summed E-state index contributed by atoms with van der Waals surface area (Å²) in [7, 11) is 0. The maximum absolute atomic E-state index is 9.35. The molecule has 0 unspecified atom stereocenters. The summed E-state index contributed by atoms with van der Waals surface area (Å²) in [6.07, 6.45) is -2.44. The van der Waals surface area contributed by atoms with E-state index in [0.29, 0.717) is 54.5 Å². The number of furan rings is 1. The van der Waals surface area contributed by atoms with Crippen molar-refractivity contribution in [3.63, 3.8) is 0 Å². The first-order valence-corrected chi connectivity index (χ1v) is 13.5. The lowest BCUT2D eigenvalue weighted by atomic mass is 10.1. The van der Waals surface area contributed by atoms with E-state index < -0.39 is 18.7 Å². The Bertz CT molecular complexity index is 1710. The number of hydrogen-bond donors (Lipinski definition) is 6. The van der Waals surface area contributed by atoms with Crippen LogP contribution in [0.15, 0.2) is 65.5 Å². The molecule has 1 saturated heterocycles. The van der Waals surface area contributed by atoms with Crippen molar-refractivity contribution >= 4 is 16.8 Å². The van der Waals surface area contributed by atoms with Crippen molar-refractivity contribution in [2.24, 2.45) is 0 Å². The van der Waals surface area contributed by atoms with Crippen molar-refractivity contribution in [2.75, 3.05) is 37.7 Å². The fraction of sp³-hybridized carbons (Fsp3) is 0.321. The first-order chi connectivity index (χ1) is 20.5. The van der Waals surface area contributed by atoms with Gasteiger partial charge in [-0.2, -0.15) is 10.2 Å². The zero-order valence-corrected chi connectivity index (χ0v) is 23.1. The number of hydrogen-bond acceptors (Lipinski definition) is 13. The van der Waals surface area contributed by atoms with Crippen LogP contribution < -0.4 is 4.90 Å². The summed E-state index contributed by atoms with van der Waals surface area (Å²) in [6.45, 7) is 3.74. The van der Waals surface area contributed by atoms with E-state index in [1.807, 2.05) is 43.5 Å². The fourth-order valence-corrected chi connectivity index (χ4v) is 5.02. The Kier molecular flexibility index (Phi) is 7.49. The molecule has 0 atom stereocenters. The molecule has 0 bridgehead atoms. The molecule has 4 aromatic heterocycles. The number of anilines is 1. The van der Waals surface area contributed by atoms with Crippen LogP contribution in [0.5, 0.6) is 0 Å². The van der Waals surface area contributed by atoms with Gasteiger partial charge in [0.25, 0.3) is 0 Å². The van der Waals surface area contributed by atoms with Gasteiger partial charge < -0.3 is 44.7 Å². The number of fused-ring (bicyclic) bond motifs is 1. The summed E-state index contributed by atoms with van der Waals surface area (Å²) in [5.74, 6) is 1.07. The van der Waals surface area contributed by atoms with Crippen LogP contribution in [-0.4, -0.2) is 105 Å². The second-order valence-electron chi connectivity index (χ2n) is 10.3. The molecule has 1 aromatic carbocycles. The maximum Gasteiger partial charge on any atom is 0.352 e. The monoisotopic (exact) mass is 593 g/mol. The van der Waals surface area contributed by atoms with Gasteiger partial charge in [-0.1, -0.05) is 23.8 Å². The van der Waals surface area contributed by atoms with Crippen LogP contribution in [0.25, 0.3) is 39.5 Å². The lowest BCUT2D eigenvalue weighted by Gasteiger charge is -2.35. The Balaban J connectivity index is 1.32. The Labute approximate surface area is 244 Å². The molecule has 5 aromatic rings. The molecule has 6 rings (SSSR count). The Morgan fingerprint density at radius 2 is 1.72 bits per heavy atom. The molecular formula is C28H31N7O8. The Hall–Kier alpha value is -4.19. The molecule has 0 aliphatic carbocycles. The third-order valence-electron chi connectivity index (χ3n) is 7.13. The van der Waals surface area contributed by atoms with Crippen molar-refractivity contribution in [1.82, 2.24) is 29.4 Å². The molecule has 1 aliphatic rings. The predicted octanol–water partition coefficient (Wildman–Crippen LogP) is 0.167. The van der Waals surface area contributed by atoms with Gasteiger partial charge in [0.05, 0.1) is 42.9 Å². The standard InChI is InChI=1S/C28H31N7O8/c1-18-3-2-4-19(13-18)21-5-6-34(31-21)25-15-23(32-9-11-42-12-10-32)26-22(30-25)14-24(43-26)20-16-29-33(17-20)7-8-35(27(36,37)38)28(39,40)41/h2-6,13-17,36-41H,7-12H2,1H3. The predicted molar refractivity (Wildman–Crippen MR) is 151 cm³/mol. The number of aryl methyl sites for hydroxylation is 1. The normalized spacial score (nSPS) is 14.7. The van der Waals surface area contributed by atoms with Gasteiger partial charge in [0.2, 0.25) is 0 Å². The molecule has 226 valence electrons. The molecule has 0 radical (unpaired) electrons. The number of benzene rings is 1. The van der Waals surface area contributed by atoms with Crippen LogP contribution in [0.1, 0.15) is 5.56 Å². The quantitative estimate of drug-likeness (QED) is 0.127. The second-order valence-corrected chi connectivity index (χ2v) is 10.3. The number of pyridine rings is 1. The highest BCUT2D eigenvalue weighted by Crippen LogP contribution is 2.35. The highest BCUT2D eigenvalue weighted by Gasteiger charge is 2.43. The number of rotatable bonds is 9. The van der Waals surface area contributed by atoms with Crippen molar-refractivity contribution in [3.8, 4) is 28.4 Å². The van der Waals surface area contributed by atoms with Gasteiger partial charge in [0.15, 0.2) is 11.4 Å². The van der Waals surface area contributed by atoms with E-state index in [4.69, 9.17) is 19.2 Å². The van der Waals surface area contributed by atoms with Crippen LogP contribution in [-0.2, 0) is 11.3 Å². The minimum Gasteiger partial charge on any atom is -0.452 e. The number of nitrogens with zero attached hydrogens (tertiary/aromatic N) is 7. The van der Waals surface area contributed by atoms with Crippen LogP contribution in [0.3, 0.4) is 0 Å². The minimum absolute atomic E-state index is 0.151. The van der Waals surface area contributed by atoms with Gasteiger partial charge in [0, 0.05) is 49.7 Å². The molecule has 15 nitrogen and oxygen atoms in total. The third-order valence-corrected chi connectivity index (χ3v) is 7.13. The van der Waals surface area contributed by atoms with Crippen LogP contribution >= 0.6 is 0 Å². The summed E-state index contributed by atoms with van der Waals surface area (Å²) in [5, 5.41) is 65.1. The van der Waals surface area contributed by atoms with E-state index in [9.17, 15) is 30.6 Å². The molecule has 0 amide bonds. The Morgan fingerprint density at radius 1 is 0.953 bits per heavy atom. The van der Waals surface area contributed by atoms with Gasteiger partial charge in [-0.3, -0.25) is 4.68 Å². The zero-order valence-electron chi connectivity index (χ0n) is 23.1. The number of aliphatic hydroxyl groups is 6. The van der Waals surface area contributed by atoms with E-state index >= 15 is 0 Å². The SMILES string of the molecule is Cc1cccc(-c2ccn(-c3cc(N4CCOCC4)c4oc(-c5cnn(CCN(C(O)(O)O)C(O)(O)O)c5)cc4n3)n2)c1. The number of morpholine rings is 1. The van der Waals surface area contributed by atoms with E-state index in [1.165, 1.54) is 10.9 Å². The van der Waals surface area contributed by atoms with Gasteiger partial charge in [-0.25, -0.2) is 9.67 Å². The second kappa shape index (κ2) is 11.1. The van der Waals surface area contributed by atoms with E-state index in [2.05, 4.69) is 16.1 Å². The van der Waals surface area contributed by atoms with Gasteiger partial charge in [-0.05, 0) is 19.1 Å². The fourth-order valence-electron chi connectivity index (χ4n) is 5.02. The summed E-state index contributed by atoms with van der Waals surface area (Å²) in [4.78, 5) is 6.86. The average Bonchev–Trinajstić information content (AvgIpc) is 3.71.